The first-order chi connectivity index (χ1) is 7.60. The number of nitrogens with two attached hydrogens (primary N) is 1. The standard InChI is InChI=1S/C12H18N2O2/c1-3-9(8-13)12(16)14(2)10-4-6-11(15)7-5-10/h4-7,9,15H,3,8,13H2,1-2H3. The Hall–Kier alpha value is -1.55. The van der Waals surface area contributed by atoms with Crippen LogP contribution in [0.4, 0.5) is 5.69 Å². The van der Waals surface area contributed by atoms with Gasteiger partial charge in [-0.05, 0) is 30.7 Å². The van der Waals surface area contributed by atoms with Crippen molar-refractivity contribution in [1.82, 2.24) is 0 Å². The molecule has 0 fully saturated rings. The second-order valence-corrected chi connectivity index (χ2v) is 3.75. The molecule has 1 aromatic rings. The Morgan fingerprint density at radius 2 is 2.00 bits per heavy atom. The molecule has 0 heterocycles. The molecule has 0 aliphatic heterocycles. The summed E-state index contributed by atoms with van der Waals surface area (Å²) in [6.45, 7) is 2.30. The third-order valence-electron chi connectivity index (χ3n) is 2.69. The number of phenolic OH excluding ortho intramolecular Hbond substituents is 1. The summed E-state index contributed by atoms with van der Waals surface area (Å²) < 4.78 is 0. The van der Waals surface area contributed by atoms with Gasteiger partial charge in [0.15, 0.2) is 0 Å². The highest BCUT2D eigenvalue weighted by Gasteiger charge is 2.19. The first-order valence-electron chi connectivity index (χ1n) is 5.36. The number of aromatic hydroxyl groups is 1. The lowest BCUT2D eigenvalue weighted by Gasteiger charge is -2.22. The molecule has 4 heteroatoms. The van der Waals surface area contributed by atoms with Crippen LogP contribution >= 0.6 is 0 Å². The van der Waals surface area contributed by atoms with Crippen molar-refractivity contribution in [3.63, 3.8) is 0 Å². The van der Waals surface area contributed by atoms with Gasteiger partial charge in [0.1, 0.15) is 5.75 Å². The normalized spacial score (nSPS) is 12.2. The van der Waals surface area contributed by atoms with Crippen molar-refractivity contribution in [3.8, 4) is 5.75 Å². The van der Waals surface area contributed by atoms with Gasteiger partial charge in [-0.25, -0.2) is 0 Å². The predicted molar refractivity (Wildman–Crippen MR) is 64.4 cm³/mol. The smallest absolute Gasteiger partial charge is 0.231 e. The SMILES string of the molecule is CCC(CN)C(=O)N(C)c1ccc(O)cc1. The Bertz CT molecular complexity index is 345. The molecule has 0 aromatic heterocycles. The van der Waals surface area contributed by atoms with Crippen LogP contribution in [0.5, 0.6) is 5.75 Å². The highest BCUT2D eigenvalue weighted by molar-refractivity contribution is 5.94. The average molecular weight is 222 g/mol. The zero-order chi connectivity index (χ0) is 12.1. The summed E-state index contributed by atoms with van der Waals surface area (Å²) in [6.07, 6.45) is 0.734. The fourth-order valence-electron chi connectivity index (χ4n) is 1.52. The van der Waals surface area contributed by atoms with E-state index in [1.165, 1.54) is 0 Å². The van der Waals surface area contributed by atoms with E-state index in [9.17, 15) is 4.79 Å². The van der Waals surface area contributed by atoms with Crippen LogP contribution in [0, 0.1) is 5.92 Å². The van der Waals surface area contributed by atoms with Gasteiger partial charge in [-0.3, -0.25) is 4.79 Å². The molecule has 0 bridgehead atoms. The van der Waals surface area contributed by atoms with Crippen molar-refractivity contribution < 1.29 is 9.90 Å². The molecule has 16 heavy (non-hydrogen) atoms. The predicted octanol–water partition coefficient (Wildman–Crippen LogP) is 1.34. The first kappa shape index (κ1) is 12.5. The zero-order valence-electron chi connectivity index (χ0n) is 9.68. The van der Waals surface area contributed by atoms with Gasteiger partial charge < -0.3 is 15.7 Å². The summed E-state index contributed by atoms with van der Waals surface area (Å²) in [4.78, 5) is 13.5. The molecular weight excluding hydrogens is 204 g/mol. The average Bonchev–Trinajstić information content (AvgIpc) is 2.30. The van der Waals surface area contributed by atoms with Gasteiger partial charge in [-0.2, -0.15) is 0 Å². The van der Waals surface area contributed by atoms with Crippen LogP contribution in [-0.2, 0) is 4.79 Å². The van der Waals surface area contributed by atoms with Crippen LogP contribution < -0.4 is 10.6 Å². The van der Waals surface area contributed by atoms with E-state index in [2.05, 4.69) is 0 Å². The van der Waals surface area contributed by atoms with E-state index in [0.29, 0.717) is 6.54 Å². The molecule has 1 unspecified atom stereocenters. The summed E-state index contributed by atoms with van der Waals surface area (Å²) >= 11 is 0. The van der Waals surface area contributed by atoms with Crippen molar-refractivity contribution in [2.45, 2.75) is 13.3 Å². The van der Waals surface area contributed by atoms with Crippen molar-refractivity contribution in [1.29, 1.82) is 0 Å². The molecule has 1 rings (SSSR count). The molecule has 0 saturated heterocycles. The fourth-order valence-corrected chi connectivity index (χ4v) is 1.52. The number of carbonyl (C=O) groups excluding carboxylic acids is 1. The monoisotopic (exact) mass is 222 g/mol. The summed E-state index contributed by atoms with van der Waals surface area (Å²) in [5, 5.41) is 9.16. The zero-order valence-corrected chi connectivity index (χ0v) is 9.68. The van der Waals surface area contributed by atoms with Crippen LogP contribution in [0.1, 0.15) is 13.3 Å². The number of hydrogen-bond acceptors (Lipinski definition) is 3. The van der Waals surface area contributed by atoms with Crippen LogP contribution in [0.2, 0.25) is 0 Å². The highest BCUT2D eigenvalue weighted by atomic mass is 16.3. The van der Waals surface area contributed by atoms with Crippen molar-refractivity contribution in [3.05, 3.63) is 24.3 Å². The molecular formula is C12H18N2O2. The molecule has 1 atom stereocenters. The second-order valence-electron chi connectivity index (χ2n) is 3.75. The summed E-state index contributed by atoms with van der Waals surface area (Å²) in [5.74, 6) is 0.0601. The van der Waals surface area contributed by atoms with E-state index in [0.717, 1.165) is 12.1 Å². The number of benzene rings is 1. The third-order valence-corrected chi connectivity index (χ3v) is 2.69. The number of phenols is 1. The van der Waals surface area contributed by atoms with Crippen LogP contribution in [-0.4, -0.2) is 24.6 Å². The maximum atomic E-state index is 12.0. The molecule has 88 valence electrons. The van der Waals surface area contributed by atoms with Gasteiger partial charge in [0, 0.05) is 19.3 Å². The summed E-state index contributed by atoms with van der Waals surface area (Å²) in [5.41, 5.74) is 6.30. The van der Waals surface area contributed by atoms with Gasteiger partial charge in [0.05, 0.1) is 5.92 Å². The van der Waals surface area contributed by atoms with E-state index < -0.39 is 0 Å². The van der Waals surface area contributed by atoms with Crippen LogP contribution in [0.25, 0.3) is 0 Å². The van der Waals surface area contributed by atoms with Gasteiger partial charge >= 0.3 is 0 Å². The molecule has 0 radical (unpaired) electrons. The first-order valence-corrected chi connectivity index (χ1v) is 5.36. The van der Waals surface area contributed by atoms with Crippen molar-refractivity contribution in [2.24, 2.45) is 11.7 Å². The van der Waals surface area contributed by atoms with E-state index in [1.54, 1.807) is 36.2 Å². The maximum absolute atomic E-state index is 12.0. The lowest BCUT2D eigenvalue weighted by molar-refractivity contribution is -0.121. The lowest BCUT2D eigenvalue weighted by atomic mass is 10.1. The third kappa shape index (κ3) is 2.73. The molecule has 0 aliphatic rings. The Balaban J connectivity index is 2.81. The molecule has 0 aliphatic carbocycles. The number of anilines is 1. The number of nitrogens with zero attached hydrogens (tertiary/aromatic N) is 1. The largest absolute Gasteiger partial charge is 0.508 e. The topological polar surface area (TPSA) is 66.6 Å². The Morgan fingerprint density at radius 3 is 2.44 bits per heavy atom. The van der Waals surface area contributed by atoms with Crippen LogP contribution in [0.15, 0.2) is 24.3 Å². The quantitative estimate of drug-likeness (QED) is 0.808. The second kappa shape index (κ2) is 5.51. The van der Waals surface area contributed by atoms with Gasteiger partial charge in [-0.1, -0.05) is 6.92 Å². The van der Waals surface area contributed by atoms with Crippen LogP contribution in [0.3, 0.4) is 0 Å². The number of hydrogen-bond donors (Lipinski definition) is 2. The van der Waals surface area contributed by atoms with E-state index >= 15 is 0 Å². The Labute approximate surface area is 95.7 Å². The number of carbonyl (C=O) groups is 1. The van der Waals surface area contributed by atoms with Gasteiger partial charge in [0.25, 0.3) is 0 Å². The van der Waals surface area contributed by atoms with E-state index in [4.69, 9.17) is 10.8 Å². The number of amides is 1. The fraction of sp³-hybridized carbons (Fsp3) is 0.417. The van der Waals surface area contributed by atoms with Crippen molar-refractivity contribution >= 4 is 11.6 Å². The molecule has 0 saturated carbocycles. The Morgan fingerprint density at radius 1 is 1.44 bits per heavy atom. The maximum Gasteiger partial charge on any atom is 0.231 e. The molecule has 4 nitrogen and oxygen atoms in total. The summed E-state index contributed by atoms with van der Waals surface area (Å²) in [7, 11) is 1.72. The Kier molecular flexibility index (Phi) is 4.31. The molecule has 3 N–H and O–H groups in total. The molecule has 1 aromatic carbocycles. The lowest BCUT2D eigenvalue weighted by Crippen LogP contribution is -2.36. The highest BCUT2D eigenvalue weighted by Crippen LogP contribution is 2.19. The van der Waals surface area contributed by atoms with Gasteiger partial charge in [-0.15, -0.1) is 0 Å². The number of rotatable bonds is 4. The van der Waals surface area contributed by atoms with E-state index in [-0.39, 0.29) is 17.6 Å². The molecule has 1 amide bonds. The van der Waals surface area contributed by atoms with E-state index in [1.807, 2.05) is 6.92 Å². The van der Waals surface area contributed by atoms with Gasteiger partial charge in [0.2, 0.25) is 5.91 Å². The molecule has 0 spiro atoms. The minimum absolute atomic E-state index is 0.00990. The van der Waals surface area contributed by atoms with Crippen molar-refractivity contribution in [2.75, 3.05) is 18.5 Å². The minimum atomic E-state index is -0.140. The summed E-state index contributed by atoms with van der Waals surface area (Å²) in [6, 6.07) is 6.53. The minimum Gasteiger partial charge on any atom is -0.508 e.